The van der Waals surface area contributed by atoms with E-state index in [0.29, 0.717) is 0 Å². The Bertz CT molecular complexity index is 644. The summed E-state index contributed by atoms with van der Waals surface area (Å²) < 4.78 is 0. The quantitative estimate of drug-likeness (QED) is 0.750. The van der Waals surface area contributed by atoms with Crippen molar-refractivity contribution in [1.29, 1.82) is 0 Å². The summed E-state index contributed by atoms with van der Waals surface area (Å²) in [5.41, 5.74) is 0.440. The van der Waals surface area contributed by atoms with Gasteiger partial charge in [-0.1, -0.05) is 36.4 Å². The first-order valence-corrected chi connectivity index (χ1v) is 6.88. The highest BCUT2D eigenvalue weighted by Gasteiger charge is 1.98. The second-order valence-corrected chi connectivity index (χ2v) is 4.25. The van der Waals surface area contributed by atoms with Crippen LogP contribution in [-0.2, 0) is 0 Å². The zero-order valence-electron chi connectivity index (χ0n) is 12.7. The van der Waals surface area contributed by atoms with E-state index in [4.69, 9.17) is 10.2 Å². The Kier molecular flexibility index (Phi) is 8.55. The fourth-order valence-electron chi connectivity index (χ4n) is 1.36. The number of hydrogen-bond donors (Lipinski definition) is 2. The van der Waals surface area contributed by atoms with E-state index >= 15 is 0 Å². The van der Waals surface area contributed by atoms with Gasteiger partial charge in [-0.15, -0.1) is 0 Å². The highest BCUT2D eigenvalue weighted by atomic mass is 16.4. The van der Waals surface area contributed by atoms with E-state index in [1.165, 1.54) is 36.9 Å². The first-order chi connectivity index (χ1) is 11.6. The number of aromatic carboxylic acids is 2. The van der Waals surface area contributed by atoms with Gasteiger partial charge in [0.15, 0.2) is 0 Å². The number of carbonyl (C=O) groups is 2. The van der Waals surface area contributed by atoms with Gasteiger partial charge in [0.2, 0.25) is 0 Å². The molecule has 2 aromatic heterocycles. The molecular formula is C18H16N2O4. The lowest BCUT2D eigenvalue weighted by Crippen LogP contribution is -1.94. The van der Waals surface area contributed by atoms with E-state index in [1.54, 1.807) is 12.1 Å². The van der Waals surface area contributed by atoms with Gasteiger partial charge in [-0.2, -0.15) is 0 Å². The zero-order valence-corrected chi connectivity index (χ0v) is 12.7. The molecule has 6 nitrogen and oxygen atoms in total. The van der Waals surface area contributed by atoms with Crippen LogP contribution < -0.4 is 0 Å². The Labute approximate surface area is 139 Å². The van der Waals surface area contributed by atoms with Crippen LogP contribution in [0.4, 0.5) is 0 Å². The fraction of sp³-hybridized carbons (Fsp3) is 0. The van der Waals surface area contributed by atoms with Gasteiger partial charge < -0.3 is 10.2 Å². The van der Waals surface area contributed by atoms with Crippen molar-refractivity contribution >= 4 is 11.9 Å². The predicted octanol–water partition coefficient (Wildman–Crippen LogP) is 3.25. The molecular weight excluding hydrogens is 308 g/mol. The SMILES string of the molecule is O=C(O)c1cccnc1.O=C(O)c1cccnc1.c1ccccc1. The second-order valence-electron chi connectivity index (χ2n) is 4.25. The van der Waals surface area contributed by atoms with E-state index < -0.39 is 11.9 Å². The Morgan fingerprint density at radius 3 is 1.12 bits per heavy atom. The van der Waals surface area contributed by atoms with Gasteiger partial charge in [0.25, 0.3) is 0 Å². The van der Waals surface area contributed by atoms with Crippen molar-refractivity contribution < 1.29 is 19.8 Å². The van der Waals surface area contributed by atoms with Crippen LogP contribution >= 0.6 is 0 Å². The van der Waals surface area contributed by atoms with Gasteiger partial charge in [0, 0.05) is 24.8 Å². The van der Waals surface area contributed by atoms with Crippen molar-refractivity contribution in [3.63, 3.8) is 0 Å². The molecule has 0 bridgehead atoms. The van der Waals surface area contributed by atoms with Crippen LogP contribution in [0.25, 0.3) is 0 Å². The summed E-state index contributed by atoms with van der Waals surface area (Å²) in [4.78, 5) is 27.6. The smallest absolute Gasteiger partial charge is 0.337 e. The minimum atomic E-state index is -0.942. The molecule has 0 aliphatic rings. The van der Waals surface area contributed by atoms with E-state index in [1.807, 2.05) is 36.4 Å². The van der Waals surface area contributed by atoms with Crippen LogP contribution in [0.15, 0.2) is 85.5 Å². The van der Waals surface area contributed by atoms with E-state index in [9.17, 15) is 9.59 Å². The standard InChI is InChI=1S/2C6H5NO2.C6H6/c2*8-6(9)5-2-1-3-7-4-5;1-2-4-6-5-3-1/h2*1-4H,(H,8,9);1-6H. The number of nitrogens with zero attached hydrogens (tertiary/aromatic N) is 2. The number of aromatic nitrogens is 2. The van der Waals surface area contributed by atoms with Crippen molar-refractivity contribution in [2.45, 2.75) is 0 Å². The van der Waals surface area contributed by atoms with E-state index in [-0.39, 0.29) is 11.1 Å². The van der Waals surface area contributed by atoms with Gasteiger partial charge in [-0.25, -0.2) is 9.59 Å². The summed E-state index contributed by atoms with van der Waals surface area (Å²) in [6.07, 6.45) is 5.68. The number of pyridine rings is 2. The molecule has 122 valence electrons. The Morgan fingerprint density at radius 1 is 0.625 bits per heavy atom. The molecule has 6 heteroatoms. The number of carboxylic acid groups (broad SMARTS) is 2. The van der Waals surface area contributed by atoms with Crippen LogP contribution in [0.3, 0.4) is 0 Å². The lowest BCUT2D eigenvalue weighted by molar-refractivity contribution is 0.0685. The van der Waals surface area contributed by atoms with E-state index in [0.717, 1.165) is 0 Å². The highest BCUT2D eigenvalue weighted by molar-refractivity contribution is 5.87. The Balaban J connectivity index is 0.000000184. The second kappa shape index (κ2) is 11.1. The minimum absolute atomic E-state index is 0.220. The van der Waals surface area contributed by atoms with Gasteiger partial charge in [-0.3, -0.25) is 9.97 Å². The molecule has 0 saturated carbocycles. The van der Waals surface area contributed by atoms with Crippen molar-refractivity contribution in [3.05, 3.63) is 96.6 Å². The van der Waals surface area contributed by atoms with Crippen molar-refractivity contribution in [3.8, 4) is 0 Å². The van der Waals surface area contributed by atoms with Crippen molar-refractivity contribution in [2.24, 2.45) is 0 Å². The molecule has 0 fully saturated rings. The predicted molar refractivity (Wildman–Crippen MR) is 88.8 cm³/mol. The van der Waals surface area contributed by atoms with Gasteiger partial charge in [0.05, 0.1) is 11.1 Å². The average Bonchev–Trinajstić information content (AvgIpc) is 2.65. The summed E-state index contributed by atoms with van der Waals surface area (Å²) in [7, 11) is 0. The third kappa shape index (κ3) is 8.04. The largest absolute Gasteiger partial charge is 0.478 e. The van der Waals surface area contributed by atoms with Crippen LogP contribution in [-0.4, -0.2) is 32.1 Å². The van der Waals surface area contributed by atoms with Crippen LogP contribution in [0, 0.1) is 0 Å². The molecule has 1 aromatic carbocycles. The number of carboxylic acids is 2. The topological polar surface area (TPSA) is 100 Å². The number of rotatable bonds is 2. The monoisotopic (exact) mass is 324 g/mol. The van der Waals surface area contributed by atoms with Crippen molar-refractivity contribution in [2.75, 3.05) is 0 Å². The molecule has 0 radical (unpaired) electrons. The van der Waals surface area contributed by atoms with Gasteiger partial charge >= 0.3 is 11.9 Å². The Hall–Kier alpha value is -3.54. The molecule has 3 aromatic rings. The first kappa shape index (κ1) is 18.5. The maximum atomic E-state index is 10.2. The molecule has 2 heterocycles. The summed E-state index contributed by atoms with van der Waals surface area (Å²) >= 11 is 0. The molecule has 0 spiro atoms. The molecule has 24 heavy (non-hydrogen) atoms. The minimum Gasteiger partial charge on any atom is -0.478 e. The summed E-state index contributed by atoms with van der Waals surface area (Å²) in [5.74, 6) is -1.88. The molecule has 3 rings (SSSR count). The molecule has 0 aliphatic heterocycles. The maximum Gasteiger partial charge on any atom is 0.337 e. The maximum absolute atomic E-state index is 10.2. The fourth-order valence-corrected chi connectivity index (χ4v) is 1.36. The van der Waals surface area contributed by atoms with Crippen molar-refractivity contribution in [1.82, 2.24) is 9.97 Å². The lowest BCUT2D eigenvalue weighted by atomic mass is 10.3. The first-order valence-electron chi connectivity index (χ1n) is 6.88. The summed E-state index contributed by atoms with van der Waals surface area (Å²) in [6.45, 7) is 0. The average molecular weight is 324 g/mol. The van der Waals surface area contributed by atoms with Crippen LogP contribution in [0.2, 0.25) is 0 Å². The molecule has 0 aliphatic carbocycles. The van der Waals surface area contributed by atoms with Crippen LogP contribution in [0.1, 0.15) is 20.7 Å². The Morgan fingerprint density at radius 2 is 0.958 bits per heavy atom. The zero-order chi connectivity index (χ0) is 17.6. The van der Waals surface area contributed by atoms with Gasteiger partial charge in [0.1, 0.15) is 0 Å². The molecule has 2 N–H and O–H groups in total. The normalized spacial score (nSPS) is 8.67. The number of hydrogen-bond acceptors (Lipinski definition) is 4. The number of benzene rings is 1. The lowest BCUT2D eigenvalue weighted by Gasteiger charge is -1.87. The highest BCUT2D eigenvalue weighted by Crippen LogP contribution is 1.93. The molecule has 0 unspecified atom stereocenters. The third-order valence-corrected chi connectivity index (χ3v) is 2.48. The van der Waals surface area contributed by atoms with Gasteiger partial charge in [-0.05, 0) is 24.3 Å². The molecule has 0 amide bonds. The third-order valence-electron chi connectivity index (χ3n) is 2.48. The summed E-state index contributed by atoms with van der Waals surface area (Å²) in [6, 6.07) is 18.2. The summed E-state index contributed by atoms with van der Waals surface area (Å²) in [5, 5.41) is 16.7. The molecule has 0 atom stereocenters. The van der Waals surface area contributed by atoms with Crippen LogP contribution in [0.5, 0.6) is 0 Å². The van der Waals surface area contributed by atoms with E-state index in [2.05, 4.69) is 9.97 Å². The molecule has 0 saturated heterocycles.